The van der Waals surface area contributed by atoms with Gasteiger partial charge in [0.1, 0.15) is 5.76 Å². The molecule has 0 fully saturated rings. The van der Waals surface area contributed by atoms with Gasteiger partial charge < -0.3 is 9.73 Å². The number of thiophene rings is 1. The van der Waals surface area contributed by atoms with E-state index in [2.05, 4.69) is 10.0 Å². The molecule has 1 amide bonds. The Bertz CT molecular complexity index is 949. The van der Waals surface area contributed by atoms with Crippen LogP contribution in [0.4, 0.5) is 5.69 Å². The molecule has 3 rings (SSSR count). The smallest absolute Gasteiger partial charge is 0.241 e. The summed E-state index contributed by atoms with van der Waals surface area (Å²) < 4.78 is 32.3. The average Bonchev–Trinajstić information content (AvgIpc) is 3.32. The van der Waals surface area contributed by atoms with Gasteiger partial charge in [-0.05, 0) is 59.1 Å². The van der Waals surface area contributed by atoms with Crippen LogP contribution in [0.2, 0.25) is 0 Å². The highest BCUT2D eigenvalue weighted by Gasteiger charge is 2.15. The molecule has 8 heteroatoms. The van der Waals surface area contributed by atoms with Gasteiger partial charge in [-0.2, -0.15) is 11.3 Å². The highest BCUT2D eigenvalue weighted by atomic mass is 32.2. The molecule has 0 spiro atoms. The fourth-order valence-electron chi connectivity index (χ4n) is 2.32. The molecule has 2 N–H and O–H groups in total. The molecule has 0 aliphatic heterocycles. The minimum atomic E-state index is -3.70. The van der Waals surface area contributed by atoms with Gasteiger partial charge >= 0.3 is 0 Å². The van der Waals surface area contributed by atoms with Crippen LogP contribution in [0.1, 0.15) is 17.7 Å². The molecule has 0 saturated carbocycles. The zero-order valence-electron chi connectivity index (χ0n) is 13.8. The molecule has 2 heterocycles. The lowest BCUT2D eigenvalue weighted by molar-refractivity contribution is -0.116. The van der Waals surface area contributed by atoms with Crippen LogP contribution in [0.3, 0.4) is 0 Å². The molecule has 26 heavy (non-hydrogen) atoms. The van der Waals surface area contributed by atoms with E-state index >= 15 is 0 Å². The van der Waals surface area contributed by atoms with E-state index in [1.165, 1.54) is 18.4 Å². The van der Waals surface area contributed by atoms with Crippen LogP contribution >= 0.6 is 11.3 Å². The van der Waals surface area contributed by atoms with Crippen LogP contribution in [0.15, 0.2) is 68.8 Å². The van der Waals surface area contributed by atoms with Crippen molar-refractivity contribution in [2.45, 2.75) is 24.3 Å². The fraction of sp³-hybridized carbons (Fsp3) is 0.167. The van der Waals surface area contributed by atoms with Gasteiger partial charge in [0, 0.05) is 12.1 Å². The minimum Gasteiger partial charge on any atom is -0.468 e. The van der Waals surface area contributed by atoms with Crippen LogP contribution in [0, 0.1) is 0 Å². The molecule has 0 radical (unpaired) electrons. The van der Waals surface area contributed by atoms with Crippen molar-refractivity contribution >= 4 is 33.0 Å². The van der Waals surface area contributed by atoms with E-state index in [-0.39, 0.29) is 17.3 Å². The third-order valence-electron chi connectivity index (χ3n) is 3.67. The SMILES string of the molecule is O=C(CCc1ccsc1)Nc1cccc(S(=O)(=O)NCc2ccco2)c1. The van der Waals surface area contributed by atoms with Gasteiger partial charge in [-0.1, -0.05) is 6.07 Å². The van der Waals surface area contributed by atoms with Crippen LogP contribution < -0.4 is 10.0 Å². The maximum Gasteiger partial charge on any atom is 0.241 e. The Morgan fingerprint density at radius 2 is 2.04 bits per heavy atom. The lowest BCUT2D eigenvalue weighted by Crippen LogP contribution is -2.23. The summed E-state index contributed by atoms with van der Waals surface area (Å²) in [5.41, 5.74) is 1.56. The Morgan fingerprint density at radius 1 is 1.15 bits per heavy atom. The molecule has 136 valence electrons. The summed E-state index contributed by atoms with van der Waals surface area (Å²) in [7, 11) is -3.70. The molecule has 2 aromatic heterocycles. The van der Waals surface area contributed by atoms with Gasteiger partial charge in [-0.3, -0.25) is 4.79 Å². The minimum absolute atomic E-state index is 0.0621. The summed E-state index contributed by atoms with van der Waals surface area (Å²) in [6.45, 7) is 0.0621. The molecule has 6 nitrogen and oxygen atoms in total. The molecular formula is C18H18N2O4S2. The first-order valence-corrected chi connectivity index (χ1v) is 10.4. The number of amides is 1. The number of rotatable bonds is 8. The van der Waals surface area contributed by atoms with Crippen molar-refractivity contribution in [3.63, 3.8) is 0 Å². The van der Waals surface area contributed by atoms with Gasteiger partial charge in [-0.25, -0.2) is 13.1 Å². The maximum atomic E-state index is 12.4. The topological polar surface area (TPSA) is 88.4 Å². The monoisotopic (exact) mass is 390 g/mol. The van der Waals surface area contributed by atoms with Crippen molar-refractivity contribution in [2.75, 3.05) is 5.32 Å². The summed E-state index contributed by atoms with van der Waals surface area (Å²) in [6, 6.07) is 11.5. The first-order valence-electron chi connectivity index (χ1n) is 7.96. The van der Waals surface area contributed by atoms with E-state index in [1.54, 1.807) is 35.6 Å². The average molecular weight is 390 g/mol. The summed E-state index contributed by atoms with van der Waals surface area (Å²) in [4.78, 5) is 12.1. The van der Waals surface area contributed by atoms with Gasteiger partial charge in [0.25, 0.3) is 0 Å². The van der Waals surface area contributed by atoms with Crippen molar-refractivity contribution in [3.8, 4) is 0 Å². The number of carbonyl (C=O) groups is 1. The van der Waals surface area contributed by atoms with Gasteiger partial charge in [-0.15, -0.1) is 0 Å². The van der Waals surface area contributed by atoms with E-state index < -0.39 is 10.0 Å². The van der Waals surface area contributed by atoms with Crippen LogP contribution in [-0.2, 0) is 27.8 Å². The maximum absolute atomic E-state index is 12.4. The Morgan fingerprint density at radius 3 is 2.77 bits per heavy atom. The molecule has 0 saturated heterocycles. The van der Waals surface area contributed by atoms with E-state index in [4.69, 9.17) is 4.42 Å². The number of carbonyl (C=O) groups excluding carboxylic acids is 1. The number of aryl methyl sites for hydroxylation is 1. The predicted molar refractivity (Wildman–Crippen MR) is 100 cm³/mol. The van der Waals surface area contributed by atoms with E-state index in [0.29, 0.717) is 24.3 Å². The molecule has 0 unspecified atom stereocenters. The largest absolute Gasteiger partial charge is 0.468 e. The van der Waals surface area contributed by atoms with E-state index in [1.807, 2.05) is 16.8 Å². The van der Waals surface area contributed by atoms with Crippen LogP contribution in [0.5, 0.6) is 0 Å². The normalized spacial score (nSPS) is 11.4. The number of furan rings is 1. The predicted octanol–water partition coefficient (Wildman–Crippen LogP) is 3.39. The molecule has 0 atom stereocenters. The number of benzene rings is 1. The zero-order valence-corrected chi connectivity index (χ0v) is 15.5. The first kappa shape index (κ1) is 18.4. The second kappa shape index (κ2) is 8.31. The summed E-state index contributed by atoms with van der Waals surface area (Å²) in [5.74, 6) is 0.362. The second-order valence-corrected chi connectivity index (χ2v) is 8.16. The third kappa shape index (κ3) is 5.04. The highest BCUT2D eigenvalue weighted by Crippen LogP contribution is 2.17. The third-order valence-corrected chi connectivity index (χ3v) is 5.80. The lowest BCUT2D eigenvalue weighted by atomic mass is 10.2. The summed E-state index contributed by atoms with van der Waals surface area (Å²) in [6.07, 6.45) is 2.47. The van der Waals surface area contributed by atoms with E-state index in [9.17, 15) is 13.2 Å². The van der Waals surface area contributed by atoms with Crippen LogP contribution in [-0.4, -0.2) is 14.3 Å². The molecule has 1 aromatic carbocycles. The van der Waals surface area contributed by atoms with Crippen molar-refractivity contribution in [1.82, 2.24) is 4.72 Å². The van der Waals surface area contributed by atoms with Crippen molar-refractivity contribution in [3.05, 3.63) is 70.8 Å². The van der Waals surface area contributed by atoms with Crippen LogP contribution in [0.25, 0.3) is 0 Å². The molecule has 0 aliphatic rings. The highest BCUT2D eigenvalue weighted by molar-refractivity contribution is 7.89. The second-order valence-electron chi connectivity index (χ2n) is 5.61. The fourth-order valence-corrected chi connectivity index (χ4v) is 4.06. The standard InChI is InChI=1S/C18H18N2O4S2/c21-18(7-6-14-8-10-25-13-14)20-15-3-1-5-17(11-15)26(22,23)19-12-16-4-2-9-24-16/h1-5,8-11,13,19H,6-7,12H2,(H,20,21). The Labute approximate surface area is 155 Å². The summed E-state index contributed by atoms with van der Waals surface area (Å²) >= 11 is 1.59. The Kier molecular flexibility index (Phi) is 5.87. The number of sulfonamides is 1. The lowest BCUT2D eigenvalue weighted by Gasteiger charge is -2.09. The van der Waals surface area contributed by atoms with Crippen molar-refractivity contribution in [1.29, 1.82) is 0 Å². The molecule has 3 aromatic rings. The number of anilines is 1. The zero-order chi connectivity index (χ0) is 18.4. The first-order chi connectivity index (χ1) is 12.5. The molecular weight excluding hydrogens is 372 g/mol. The Hall–Kier alpha value is -2.42. The quantitative estimate of drug-likeness (QED) is 0.617. The number of hydrogen-bond acceptors (Lipinski definition) is 5. The summed E-state index contributed by atoms with van der Waals surface area (Å²) in [5, 5.41) is 6.71. The van der Waals surface area contributed by atoms with Crippen molar-refractivity contribution in [2.24, 2.45) is 0 Å². The molecule has 0 bridgehead atoms. The number of nitrogens with one attached hydrogen (secondary N) is 2. The number of hydrogen-bond donors (Lipinski definition) is 2. The van der Waals surface area contributed by atoms with E-state index in [0.717, 1.165) is 5.56 Å². The molecule has 0 aliphatic carbocycles. The van der Waals surface area contributed by atoms with Gasteiger partial charge in [0.15, 0.2) is 0 Å². The van der Waals surface area contributed by atoms with Gasteiger partial charge in [0.05, 0.1) is 17.7 Å². The van der Waals surface area contributed by atoms with Gasteiger partial charge in [0.2, 0.25) is 15.9 Å². The van der Waals surface area contributed by atoms with Crippen molar-refractivity contribution < 1.29 is 17.6 Å². The Balaban J connectivity index is 1.60.